The average molecular weight is 531 g/mol. The van der Waals surface area contributed by atoms with Crippen LogP contribution in [0.2, 0.25) is 0 Å². The topological polar surface area (TPSA) is 12.5 Å². The number of para-hydroxylation sites is 2. The fraction of sp³-hybridized carbons (Fsp3) is 0.308. The van der Waals surface area contributed by atoms with Crippen molar-refractivity contribution < 1.29 is 4.74 Å². The molecule has 0 radical (unpaired) electrons. The van der Waals surface area contributed by atoms with E-state index >= 15 is 0 Å². The fourth-order valence-corrected chi connectivity index (χ4v) is 3.96. The predicted octanol–water partition coefficient (Wildman–Crippen LogP) is 9.42. The van der Waals surface area contributed by atoms with Crippen LogP contribution in [0.5, 0.6) is 5.75 Å². The summed E-state index contributed by atoms with van der Waals surface area (Å²) in [7, 11) is 0. The Labute approximate surface area is 197 Å². The third-order valence-electron chi connectivity index (χ3n) is 5.03. The van der Waals surface area contributed by atoms with Crippen molar-refractivity contribution in [2.24, 2.45) is 0 Å². The Kier molecular flexibility index (Phi) is 9.28. The number of unbranched alkanes of at least 4 members (excludes halogenated alkanes) is 5. The number of hydrogen-bond donors (Lipinski definition) is 0. The highest BCUT2D eigenvalue weighted by atomic mass is 79.9. The van der Waals surface area contributed by atoms with Crippen LogP contribution in [0.3, 0.4) is 0 Å². The molecule has 3 rings (SSSR count). The number of hydrogen-bond acceptors (Lipinski definition) is 2. The van der Waals surface area contributed by atoms with Crippen molar-refractivity contribution in [2.75, 3.05) is 11.5 Å². The molecular formula is C26H29Br2NO. The van der Waals surface area contributed by atoms with Gasteiger partial charge in [-0.2, -0.15) is 0 Å². The van der Waals surface area contributed by atoms with Gasteiger partial charge in [0.1, 0.15) is 5.75 Å². The Bertz CT molecular complexity index is 848. The Morgan fingerprint density at radius 1 is 0.667 bits per heavy atom. The van der Waals surface area contributed by atoms with Gasteiger partial charge in [0.05, 0.1) is 12.3 Å². The lowest BCUT2D eigenvalue weighted by Gasteiger charge is -2.27. The first-order valence-corrected chi connectivity index (χ1v) is 12.3. The van der Waals surface area contributed by atoms with Crippen molar-refractivity contribution in [1.29, 1.82) is 0 Å². The maximum Gasteiger partial charge on any atom is 0.143 e. The second-order valence-electron chi connectivity index (χ2n) is 7.37. The van der Waals surface area contributed by atoms with E-state index in [9.17, 15) is 0 Å². The van der Waals surface area contributed by atoms with Crippen molar-refractivity contribution in [3.05, 3.63) is 81.7 Å². The van der Waals surface area contributed by atoms with Gasteiger partial charge in [0, 0.05) is 20.3 Å². The summed E-state index contributed by atoms with van der Waals surface area (Å²) in [5.74, 6) is 0.914. The number of benzene rings is 3. The molecule has 3 aromatic rings. The average Bonchev–Trinajstić information content (AvgIpc) is 2.77. The Morgan fingerprint density at radius 3 is 1.80 bits per heavy atom. The first kappa shape index (κ1) is 22.9. The number of nitrogens with zero attached hydrogens (tertiary/aromatic N) is 1. The predicted molar refractivity (Wildman–Crippen MR) is 135 cm³/mol. The van der Waals surface area contributed by atoms with Gasteiger partial charge in [0.15, 0.2) is 0 Å². The molecule has 0 aliphatic rings. The lowest BCUT2D eigenvalue weighted by molar-refractivity contribution is 0.305. The SMILES string of the molecule is CCCCCCCCOc1ccccc1N(c1ccc(Br)cc1)c1ccc(Br)cc1. The summed E-state index contributed by atoms with van der Waals surface area (Å²) >= 11 is 7.09. The highest BCUT2D eigenvalue weighted by Gasteiger charge is 2.16. The molecule has 0 fully saturated rings. The maximum absolute atomic E-state index is 6.25. The summed E-state index contributed by atoms with van der Waals surface area (Å²) in [6, 6.07) is 25.1. The Balaban J connectivity index is 1.81. The normalized spacial score (nSPS) is 10.8. The van der Waals surface area contributed by atoms with Crippen LogP contribution in [0.4, 0.5) is 17.1 Å². The van der Waals surface area contributed by atoms with Gasteiger partial charge in [-0.25, -0.2) is 0 Å². The highest BCUT2D eigenvalue weighted by Crippen LogP contribution is 2.40. The summed E-state index contributed by atoms with van der Waals surface area (Å²) in [6.45, 7) is 3.00. The minimum absolute atomic E-state index is 0.748. The zero-order valence-corrected chi connectivity index (χ0v) is 20.7. The molecule has 2 nitrogen and oxygen atoms in total. The van der Waals surface area contributed by atoms with Gasteiger partial charge in [0.2, 0.25) is 0 Å². The third kappa shape index (κ3) is 6.61. The molecule has 0 aromatic heterocycles. The largest absolute Gasteiger partial charge is 0.491 e. The van der Waals surface area contributed by atoms with Gasteiger partial charge in [-0.3, -0.25) is 0 Å². The zero-order valence-electron chi connectivity index (χ0n) is 17.5. The summed E-state index contributed by atoms with van der Waals surface area (Å²) in [5.41, 5.74) is 3.24. The quantitative estimate of drug-likeness (QED) is 0.229. The number of anilines is 3. The summed E-state index contributed by atoms with van der Waals surface area (Å²) in [6.07, 6.45) is 7.56. The number of rotatable bonds is 11. The van der Waals surface area contributed by atoms with Gasteiger partial charge in [0.25, 0.3) is 0 Å². The van der Waals surface area contributed by atoms with Gasteiger partial charge < -0.3 is 9.64 Å². The van der Waals surface area contributed by atoms with E-state index in [2.05, 4.69) is 110 Å². The second kappa shape index (κ2) is 12.2. The fourth-order valence-electron chi connectivity index (χ4n) is 3.44. The summed E-state index contributed by atoms with van der Waals surface area (Å²) < 4.78 is 8.38. The molecule has 0 spiro atoms. The van der Waals surface area contributed by atoms with Crippen LogP contribution in [0, 0.1) is 0 Å². The van der Waals surface area contributed by atoms with Crippen LogP contribution >= 0.6 is 31.9 Å². The summed E-state index contributed by atoms with van der Waals surface area (Å²) in [4.78, 5) is 2.25. The standard InChI is InChI=1S/C26H29Br2NO/c1-2-3-4-5-6-9-20-30-26-11-8-7-10-25(26)29(23-16-12-21(27)13-17-23)24-18-14-22(28)15-19-24/h7-8,10-19H,2-6,9,20H2,1H3. The van der Waals surface area contributed by atoms with Crippen LogP contribution in [0.25, 0.3) is 0 Å². The van der Waals surface area contributed by atoms with Crippen molar-refractivity contribution in [1.82, 2.24) is 0 Å². The van der Waals surface area contributed by atoms with E-state index in [1.54, 1.807) is 0 Å². The number of ether oxygens (including phenoxy) is 1. The molecule has 0 unspecified atom stereocenters. The van der Waals surface area contributed by atoms with Gasteiger partial charge in [-0.05, 0) is 67.1 Å². The van der Waals surface area contributed by atoms with Crippen LogP contribution in [0.15, 0.2) is 81.7 Å². The van der Waals surface area contributed by atoms with Crippen molar-refractivity contribution in [3.63, 3.8) is 0 Å². The molecule has 0 aliphatic carbocycles. The molecule has 3 aromatic carbocycles. The molecule has 0 N–H and O–H groups in total. The summed E-state index contributed by atoms with van der Waals surface area (Å²) in [5, 5.41) is 0. The monoisotopic (exact) mass is 529 g/mol. The molecule has 0 atom stereocenters. The molecule has 0 aliphatic heterocycles. The van der Waals surface area contributed by atoms with Crippen LogP contribution in [-0.4, -0.2) is 6.61 Å². The highest BCUT2D eigenvalue weighted by molar-refractivity contribution is 9.10. The molecule has 0 heterocycles. The van der Waals surface area contributed by atoms with Gasteiger partial charge in [-0.1, -0.05) is 83.0 Å². The van der Waals surface area contributed by atoms with E-state index in [0.717, 1.165) is 44.8 Å². The lowest BCUT2D eigenvalue weighted by Crippen LogP contribution is -2.12. The van der Waals surface area contributed by atoms with Crippen molar-refractivity contribution in [3.8, 4) is 5.75 Å². The van der Waals surface area contributed by atoms with Crippen molar-refractivity contribution in [2.45, 2.75) is 45.4 Å². The van der Waals surface area contributed by atoms with Gasteiger partial charge in [-0.15, -0.1) is 0 Å². The zero-order chi connectivity index (χ0) is 21.2. The minimum atomic E-state index is 0.748. The Morgan fingerprint density at radius 2 is 1.20 bits per heavy atom. The molecule has 0 bridgehead atoms. The van der Waals surface area contributed by atoms with E-state index in [0.29, 0.717) is 0 Å². The van der Waals surface area contributed by atoms with Crippen LogP contribution in [0.1, 0.15) is 45.4 Å². The van der Waals surface area contributed by atoms with E-state index < -0.39 is 0 Å². The minimum Gasteiger partial charge on any atom is -0.491 e. The van der Waals surface area contributed by atoms with Crippen LogP contribution in [-0.2, 0) is 0 Å². The number of halogens is 2. The second-order valence-corrected chi connectivity index (χ2v) is 9.20. The molecule has 0 saturated carbocycles. The smallest absolute Gasteiger partial charge is 0.143 e. The molecule has 158 valence electrons. The van der Waals surface area contributed by atoms with Crippen LogP contribution < -0.4 is 9.64 Å². The maximum atomic E-state index is 6.25. The first-order valence-electron chi connectivity index (χ1n) is 10.7. The van der Waals surface area contributed by atoms with E-state index in [-0.39, 0.29) is 0 Å². The van der Waals surface area contributed by atoms with E-state index in [1.807, 2.05) is 6.07 Å². The molecular weight excluding hydrogens is 502 g/mol. The molecule has 30 heavy (non-hydrogen) atoms. The third-order valence-corrected chi connectivity index (χ3v) is 6.09. The Hall–Kier alpha value is -1.78. The van der Waals surface area contributed by atoms with E-state index in [1.165, 1.54) is 32.1 Å². The van der Waals surface area contributed by atoms with Crippen molar-refractivity contribution >= 4 is 48.9 Å². The molecule has 0 amide bonds. The molecule has 0 saturated heterocycles. The molecule has 4 heteroatoms. The first-order chi connectivity index (χ1) is 14.7. The lowest BCUT2D eigenvalue weighted by atomic mass is 10.1. The van der Waals surface area contributed by atoms with Gasteiger partial charge >= 0.3 is 0 Å². The van der Waals surface area contributed by atoms with E-state index in [4.69, 9.17) is 4.74 Å².